The molecule has 0 aliphatic carbocycles. The summed E-state index contributed by atoms with van der Waals surface area (Å²) in [5.41, 5.74) is 2.08. The van der Waals surface area contributed by atoms with E-state index in [2.05, 4.69) is 5.32 Å². The van der Waals surface area contributed by atoms with Crippen molar-refractivity contribution in [2.24, 2.45) is 5.92 Å². The van der Waals surface area contributed by atoms with Gasteiger partial charge in [0, 0.05) is 13.5 Å². The van der Waals surface area contributed by atoms with Gasteiger partial charge in [-0.25, -0.2) is 0 Å². The van der Waals surface area contributed by atoms with Crippen molar-refractivity contribution in [2.45, 2.75) is 20.3 Å². The predicted molar refractivity (Wildman–Crippen MR) is 64.7 cm³/mol. The maximum atomic E-state index is 11.1. The lowest BCUT2D eigenvalue weighted by atomic mass is 9.98. The third kappa shape index (κ3) is 4.68. The number of carboxylic acid groups (broad SMARTS) is 1. The lowest BCUT2D eigenvalue weighted by Crippen LogP contribution is -2.32. The Labute approximate surface area is 101 Å². The average molecular weight is 235 g/mol. The number of hydrogen-bond acceptors (Lipinski definition) is 2. The molecule has 17 heavy (non-hydrogen) atoms. The minimum atomic E-state index is -0.889. The van der Waals surface area contributed by atoms with Crippen LogP contribution in [0.4, 0.5) is 0 Å². The molecular weight excluding hydrogens is 218 g/mol. The summed E-state index contributed by atoms with van der Waals surface area (Å²) < 4.78 is 0. The quantitative estimate of drug-likeness (QED) is 0.810. The molecule has 4 nitrogen and oxygen atoms in total. The van der Waals surface area contributed by atoms with Gasteiger partial charge in [0.1, 0.15) is 0 Å². The van der Waals surface area contributed by atoms with Crippen LogP contribution in [0.5, 0.6) is 0 Å². The number of aryl methyl sites for hydroxylation is 1. The lowest BCUT2D eigenvalue weighted by molar-refractivity contribution is -0.141. The van der Waals surface area contributed by atoms with Crippen molar-refractivity contribution in [3.63, 3.8) is 0 Å². The van der Waals surface area contributed by atoms with Crippen LogP contribution in [0.25, 0.3) is 0 Å². The maximum Gasteiger partial charge on any atom is 0.308 e. The maximum absolute atomic E-state index is 11.1. The van der Waals surface area contributed by atoms with Gasteiger partial charge in [0.2, 0.25) is 5.91 Å². The highest BCUT2D eigenvalue weighted by atomic mass is 16.4. The Bertz CT molecular complexity index is 415. The molecule has 0 aliphatic rings. The Morgan fingerprint density at radius 2 is 2.12 bits per heavy atom. The number of rotatable bonds is 5. The number of nitrogens with one attached hydrogen (secondary N) is 1. The fourth-order valence-electron chi connectivity index (χ4n) is 1.64. The fraction of sp³-hybridized carbons (Fsp3) is 0.385. The molecule has 1 rings (SSSR count). The van der Waals surface area contributed by atoms with Crippen LogP contribution in [0.1, 0.15) is 18.1 Å². The number of carbonyl (C=O) groups is 2. The van der Waals surface area contributed by atoms with Gasteiger partial charge in [-0.05, 0) is 18.9 Å². The monoisotopic (exact) mass is 235 g/mol. The number of carboxylic acids is 1. The number of carbonyl (C=O) groups excluding carboxylic acids is 1. The molecule has 0 spiro atoms. The molecule has 0 aromatic heterocycles. The summed E-state index contributed by atoms with van der Waals surface area (Å²) in [6, 6.07) is 7.73. The zero-order valence-corrected chi connectivity index (χ0v) is 10.1. The van der Waals surface area contributed by atoms with Crippen molar-refractivity contribution in [1.82, 2.24) is 5.32 Å². The highest BCUT2D eigenvalue weighted by Crippen LogP contribution is 2.10. The van der Waals surface area contributed by atoms with E-state index in [9.17, 15) is 9.59 Å². The summed E-state index contributed by atoms with van der Waals surface area (Å²) in [5, 5.41) is 11.6. The summed E-state index contributed by atoms with van der Waals surface area (Å²) in [5.74, 6) is -1.68. The van der Waals surface area contributed by atoms with E-state index in [1.165, 1.54) is 6.92 Å². The van der Waals surface area contributed by atoms with Gasteiger partial charge in [0.25, 0.3) is 0 Å². The third-order valence-electron chi connectivity index (χ3n) is 2.51. The van der Waals surface area contributed by atoms with Crippen molar-refractivity contribution in [2.75, 3.05) is 6.54 Å². The van der Waals surface area contributed by atoms with Crippen LogP contribution < -0.4 is 5.32 Å². The molecule has 4 heteroatoms. The molecule has 0 bridgehead atoms. The zero-order valence-electron chi connectivity index (χ0n) is 10.1. The Hall–Kier alpha value is -1.84. The first-order valence-electron chi connectivity index (χ1n) is 5.52. The van der Waals surface area contributed by atoms with Crippen LogP contribution in [-0.2, 0) is 16.0 Å². The SMILES string of the molecule is CC(=O)NCC(Cc1cccc(C)c1)C(=O)O. The minimum absolute atomic E-state index is 0.165. The number of amides is 1. The molecule has 0 saturated heterocycles. The fourth-order valence-corrected chi connectivity index (χ4v) is 1.64. The first kappa shape index (κ1) is 13.2. The summed E-state index contributed by atoms with van der Waals surface area (Å²) in [4.78, 5) is 21.8. The molecule has 1 aromatic carbocycles. The smallest absolute Gasteiger partial charge is 0.308 e. The standard InChI is InChI=1S/C13H17NO3/c1-9-4-3-5-11(6-9)7-12(13(16)17)8-14-10(2)15/h3-6,12H,7-8H2,1-2H3,(H,14,15)(H,16,17). The van der Waals surface area contributed by atoms with Gasteiger partial charge >= 0.3 is 5.97 Å². The number of hydrogen-bond donors (Lipinski definition) is 2. The van der Waals surface area contributed by atoms with Gasteiger partial charge in [-0.2, -0.15) is 0 Å². The number of aliphatic carboxylic acids is 1. The molecule has 0 radical (unpaired) electrons. The minimum Gasteiger partial charge on any atom is -0.481 e. The van der Waals surface area contributed by atoms with Crippen molar-refractivity contribution < 1.29 is 14.7 Å². The molecule has 0 saturated carbocycles. The Morgan fingerprint density at radius 1 is 1.41 bits per heavy atom. The van der Waals surface area contributed by atoms with Crippen molar-refractivity contribution in [3.05, 3.63) is 35.4 Å². The van der Waals surface area contributed by atoms with Gasteiger partial charge in [0.15, 0.2) is 0 Å². The molecule has 92 valence electrons. The summed E-state index contributed by atoms with van der Waals surface area (Å²) >= 11 is 0. The Balaban J connectivity index is 2.66. The second-order valence-corrected chi connectivity index (χ2v) is 4.17. The van der Waals surface area contributed by atoms with Crippen molar-refractivity contribution >= 4 is 11.9 Å². The topological polar surface area (TPSA) is 66.4 Å². The molecule has 1 atom stereocenters. The van der Waals surface area contributed by atoms with Gasteiger partial charge in [-0.3, -0.25) is 9.59 Å². The summed E-state index contributed by atoms with van der Waals surface area (Å²) in [6.07, 6.45) is 0.428. The molecule has 1 amide bonds. The van der Waals surface area contributed by atoms with Gasteiger partial charge in [0.05, 0.1) is 5.92 Å². The van der Waals surface area contributed by atoms with E-state index in [1.807, 2.05) is 31.2 Å². The van der Waals surface area contributed by atoms with Crippen LogP contribution in [-0.4, -0.2) is 23.5 Å². The highest BCUT2D eigenvalue weighted by molar-refractivity contribution is 5.75. The summed E-state index contributed by atoms with van der Waals surface area (Å²) in [7, 11) is 0. The van der Waals surface area contributed by atoms with Gasteiger partial charge in [-0.15, -0.1) is 0 Å². The van der Waals surface area contributed by atoms with Crippen LogP contribution in [0.15, 0.2) is 24.3 Å². The van der Waals surface area contributed by atoms with Crippen LogP contribution in [0, 0.1) is 12.8 Å². The highest BCUT2D eigenvalue weighted by Gasteiger charge is 2.18. The van der Waals surface area contributed by atoms with E-state index in [1.54, 1.807) is 0 Å². The molecular formula is C13H17NO3. The van der Waals surface area contributed by atoms with E-state index >= 15 is 0 Å². The van der Waals surface area contributed by atoms with Crippen LogP contribution in [0.2, 0.25) is 0 Å². The van der Waals surface area contributed by atoms with E-state index in [0.717, 1.165) is 11.1 Å². The zero-order chi connectivity index (χ0) is 12.8. The molecule has 0 aliphatic heterocycles. The Kier molecular flexibility index (Phi) is 4.69. The van der Waals surface area contributed by atoms with E-state index in [4.69, 9.17) is 5.11 Å². The molecule has 1 aromatic rings. The predicted octanol–water partition coefficient (Wildman–Crippen LogP) is 1.37. The molecule has 2 N–H and O–H groups in total. The van der Waals surface area contributed by atoms with Crippen LogP contribution >= 0.6 is 0 Å². The molecule has 0 fully saturated rings. The molecule has 1 unspecified atom stereocenters. The van der Waals surface area contributed by atoms with E-state index in [-0.39, 0.29) is 12.5 Å². The Morgan fingerprint density at radius 3 is 2.65 bits per heavy atom. The van der Waals surface area contributed by atoms with Crippen molar-refractivity contribution in [3.8, 4) is 0 Å². The summed E-state index contributed by atoms with van der Waals surface area (Å²) in [6.45, 7) is 3.51. The van der Waals surface area contributed by atoms with E-state index < -0.39 is 11.9 Å². The third-order valence-corrected chi connectivity index (χ3v) is 2.51. The first-order chi connectivity index (χ1) is 7.99. The largest absolute Gasteiger partial charge is 0.481 e. The first-order valence-corrected chi connectivity index (χ1v) is 5.52. The normalized spacial score (nSPS) is 11.9. The van der Waals surface area contributed by atoms with E-state index in [0.29, 0.717) is 6.42 Å². The van der Waals surface area contributed by atoms with Crippen molar-refractivity contribution in [1.29, 1.82) is 0 Å². The average Bonchev–Trinajstić information content (AvgIpc) is 2.23. The number of benzene rings is 1. The molecule has 0 heterocycles. The second kappa shape index (κ2) is 6.03. The second-order valence-electron chi connectivity index (χ2n) is 4.17. The van der Waals surface area contributed by atoms with Gasteiger partial charge in [-0.1, -0.05) is 29.8 Å². The lowest BCUT2D eigenvalue weighted by Gasteiger charge is -2.13. The van der Waals surface area contributed by atoms with Gasteiger partial charge < -0.3 is 10.4 Å². The van der Waals surface area contributed by atoms with Crippen LogP contribution in [0.3, 0.4) is 0 Å².